The second-order valence-electron chi connectivity index (χ2n) is 4.47. The van der Waals surface area contributed by atoms with E-state index in [1.54, 1.807) is 0 Å². The molecule has 1 aliphatic heterocycles. The summed E-state index contributed by atoms with van der Waals surface area (Å²) in [5.41, 5.74) is 6.65. The van der Waals surface area contributed by atoms with Crippen molar-refractivity contribution < 1.29 is 4.79 Å². The van der Waals surface area contributed by atoms with E-state index in [-0.39, 0.29) is 5.91 Å². The lowest BCUT2D eigenvalue weighted by atomic mass is 10.1. The number of nitrogens with one attached hydrogen (secondary N) is 2. The lowest BCUT2D eigenvalue weighted by Crippen LogP contribution is -2.42. The van der Waals surface area contributed by atoms with E-state index >= 15 is 0 Å². The molecule has 1 aromatic rings. The molecule has 0 spiro atoms. The zero-order valence-electron chi connectivity index (χ0n) is 10.5. The number of rotatable bonds is 2. The van der Waals surface area contributed by atoms with E-state index in [0.29, 0.717) is 6.42 Å². The Kier molecular flexibility index (Phi) is 4.76. The van der Waals surface area contributed by atoms with Crippen molar-refractivity contribution in [1.82, 2.24) is 10.9 Å². The normalized spacial score (nSPS) is 15.4. The Labute approximate surface area is 107 Å². The predicted octanol–water partition coefficient (Wildman–Crippen LogP) is 1.82. The number of benzene rings is 1. The van der Waals surface area contributed by atoms with Gasteiger partial charge >= 0.3 is 0 Å². The largest absolute Gasteiger partial charge is 0.286 e. The molecular weight excluding hydrogens is 226 g/mol. The summed E-state index contributed by atoms with van der Waals surface area (Å²) in [7, 11) is 0. The fourth-order valence-electron chi connectivity index (χ4n) is 1.94. The molecule has 0 atom stereocenters. The Morgan fingerprint density at radius 1 is 1.17 bits per heavy atom. The number of amidine groups is 1. The van der Waals surface area contributed by atoms with Crippen LogP contribution in [0.3, 0.4) is 0 Å². The van der Waals surface area contributed by atoms with Gasteiger partial charge in [-0.3, -0.25) is 20.6 Å². The molecule has 0 bridgehead atoms. The third-order valence-corrected chi connectivity index (χ3v) is 2.93. The highest BCUT2D eigenvalue weighted by molar-refractivity contribution is 5.86. The molecule has 0 aromatic heterocycles. The number of carbonyl (C=O) groups is 1. The van der Waals surface area contributed by atoms with Gasteiger partial charge in [0.15, 0.2) is 0 Å². The average Bonchev–Trinajstić information content (AvgIpc) is 2.66. The highest BCUT2D eigenvalue weighted by atomic mass is 16.2. The molecule has 0 radical (unpaired) electrons. The van der Waals surface area contributed by atoms with Crippen molar-refractivity contribution in [3.63, 3.8) is 0 Å². The first-order valence-corrected chi connectivity index (χ1v) is 6.47. The predicted molar refractivity (Wildman–Crippen MR) is 72.2 cm³/mol. The van der Waals surface area contributed by atoms with Crippen LogP contribution in [-0.2, 0) is 11.2 Å². The number of aliphatic imine (C=N–C) groups is 1. The van der Waals surface area contributed by atoms with E-state index in [1.807, 2.05) is 30.3 Å². The van der Waals surface area contributed by atoms with Gasteiger partial charge in [0.2, 0.25) is 5.91 Å². The topological polar surface area (TPSA) is 53.5 Å². The van der Waals surface area contributed by atoms with E-state index in [1.165, 1.54) is 6.42 Å². The van der Waals surface area contributed by atoms with Crippen molar-refractivity contribution in [2.24, 2.45) is 4.99 Å². The number of hydrogen-bond acceptors (Lipinski definition) is 3. The van der Waals surface area contributed by atoms with E-state index in [0.717, 1.165) is 37.2 Å². The maximum absolute atomic E-state index is 11.7. The molecule has 1 heterocycles. The molecule has 1 aromatic carbocycles. The minimum atomic E-state index is -0.0341. The van der Waals surface area contributed by atoms with Crippen LogP contribution < -0.4 is 10.9 Å². The number of hydrazine groups is 1. The Morgan fingerprint density at radius 3 is 2.83 bits per heavy atom. The molecule has 0 saturated carbocycles. The van der Waals surface area contributed by atoms with Gasteiger partial charge in [0, 0.05) is 13.0 Å². The molecule has 0 aliphatic carbocycles. The summed E-state index contributed by atoms with van der Waals surface area (Å²) in [5.74, 6) is 0.863. The lowest BCUT2D eigenvalue weighted by molar-refractivity contribution is -0.121. The van der Waals surface area contributed by atoms with Crippen LogP contribution in [0.4, 0.5) is 0 Å². The average molecular weight is 245 g/mol. The Balaban J connectivity index is 1.76. The summed E-state index contributed by atoms with van der Waals surface area (Å²) in [5, 5.41) is 0. The molecule has 2 rings (SSSR count). The minimum absolute atomic E-state index is 0.0341. The third-order valence-electron chi connectivity index (χ3n) is 2.93. The molecule has 2 N–H and O–H groups in total. The van der Waals surface area contributed by atoms with E-state index < -0.39 is 0 Å². The summed E-state index contributed by atoms with van der Waals surface area (Å²) in [6.07, 6.45) is 4.81. The van der Waals surface area contributed by atoms with Crippen molar-refractivity contribution in [3.05, 3.63) is 35.9 Å². The monoisotopic (exact) mass is 245 g/mol. The highest BCUT2D eigenvalue weighted by Crippen LogP contribution is 2.05. The van der Waals surface area contributed by atoms with Gasteiger partial charge in [-0.1, -0.05) is 36.8 Å². The van der Waals surface area contributed by atoms with Gasteiger partial charge in [0.1, 0.15) is 5.84 Å². The molecule has 96 valence electrons. The summed E-state index contributed by atoms with van der Waals surface area (Å²) in [4.78, 5) is 16.1. The van der Waals surface area contributed by atoms with Gasteiger partial charge in [-0.2, -0.15) is 0 Å². The van der Waals surface area contributed by atoms with Gasteiger partial charge < -0.3 is 0 Å². The van der Waals surface area contributed by atoms with Crippen LogP contribution in [0.5, 0.6) is 0 Å². The zero-order valence-corrected chi connectivity index (χ0v) is 10.5. The van der Waals surface area contributed by atoms with Crippen LogP contribution >= 0.6 is 0 Å². The summed E-state index contributed by atoms with van der Waals surface area (Å²) in [6.45, 7) is 0.858. The van der Waals surface area contributed by atoms with Crippen LogP contribution in [0.15, 0.2) is 35.3 Å². The molecule has 4 heteroatoms. The molecule has 1 amide bonds. The SMILES string of the molecule is O=C(Cc1ccccc1)NNC1=NCCCCC1. The van der Waals surface area contributed by atoms with Gasteiger partial charge in [-0.05, 0) is 18.4 Å². The summed E-state index contributed by atoms with van der Waals surface area (Å²) >= 11 is 0. The summed E-state index contributed by atoms with van der Waals surface area (Å²) in [6, 6.07) is 9.71. The molecule has 0 saturated heterocycles. The quantitative estimate of drug-likeness (QED) is 0.781. The molecule has 1 aliphatic rings. The van der Waals surface area contributed by atoms with Crippen LogP contribution in [-0.4, -0.2) is 18.3 Å². The third kappa shape index (κ3) is 4.20. The molecule has 18 heavy (non-hydrogen) atoms. The highest BCUT2D eigenvalue weighted by Gasteiger charge is 2.06. The number of carbonyl (C=O) groups excluding carboxylic acids is 1. The standard InChI is InChI=1S/C14H19N3O/c18-14(11-12-7-3-1-4-8-12)17-16-13-9-5-2-6-10-15-13/h1,3-4,7-8H,2,5-6,9-11H2,(H,15,16)(H,17,18). The van der Waals surface area contributed by atoms with Crippen molar-refractivity contribution >= 4 is 11.7 Å². The Bertz CT molecular complexity index is 414. The van der Waals surface area contributed by atoms with Crippen LogP contribution in [0.1, 0.15) is 31.2 Å². The molecule has 0 fully saturated rings. The van der Waals surface area contributed by atoms with Crippen molar-refractivity contribution in [3.8, 4) is 0 Å². The number of nitrogens with zero attached hydrogens (tertiary/aromatic N) is 1. The van der Waals surface area contributed by atoms with Gasteiger partial charge in [-0.15, -0.1) is 0 Å². The van der Waals surface area contributed by atoms with Crippen molar-refractivity contribution in [2.45, 2.75) is 32.1 Å². The van der Waals surface area contributed by atoms with E-state index in [4.69, 9.17) is 0 Å². The maximum atomic E-state index is 11.7. The van der Waals surface area contributed by atoms with Gasteiger partial charge in [-0.25, -0.2) is 0 Å². The first kappa shape index (κ1) is 12.6. The fourth-order valence-corrected chi connectivity index (χ4v) is 1.94. The minimum Gasteiger partial charge on any atom is -0.286 e. The number of amides is 1. The van der Waals surface area contributed by atoms with Crippen LogP contribution in [0.2, 0.25) is 0 Å². The van der Waals surface area contributed by atoms with Gasteiger partial charge in [0.25, 0.3) is 0 Å². The lowest BCUT2D eigenvalue weighted by Gasteiger charge is -2.09. The van der Waals surface area contributed by atoms with E-state index in [2.05, 4.69) is 15.8 Å². The molecular formula is C14H19N3O. The van der Waals surface area contributed by atoms with Crippen LogP contribution in [0.25, 0.3) is 0 Å². The Morgan fingerprint density at radius 2 is 2.00 bits per heavy atom. The second-order valence-corrected chi connectivity index (χ2v) is 4.47. The smallest absolute Gasteiger partial charge is 0.242 e. The van der Waals surface area contributed by atoms with Crippen molar-refractivity contribution in [1.29, 1.82) is 0 Å². The fraction of sp³-hybridized carbons (Fsp3) is 0.429. The van der Waals surface area contributed by atoms with Gasteiger partial charge in [0.05, 0.1) is 6.42 Å². The first-order valence-electron chi connectivity index (χ1n) is 6.47. The zero-order chi connectivity index (χ0) is 12.6. The van der Waals surface area contributed by atoms with Crippen molar-refractivity contribution in [2.75, 3.05) is 6.54 Å². The van der Waals surface area contributed by atoms with E-state index in [9.17, 15) is 4.79 Å². The first-order chi connectivity index (χ1) is 8.84. The molecule has 4 nitrogen and oxygen atoms in total. The van der Waals surface area contributed by atoms with Crippen LogP contribution in [0, 0.1) is 0 Å². The Hall–Kier alpha value is -1.84. The maximum Gasteiger partial charge on any atom is 0.242 e. The second kappa shape index (κ2) is 6.79. The number of hydrogen-bond donors (Lipinski definition) is 2. The molecule has 0 unspecified atom stereocenters. The summed E-state index contributed by atoms with van der Waals surface area (Å²) < 4.78 is 0.